The summed E-state index contributed by atoms with van der Waals surface area (Å²) in [4.78, 5) is 12.5. The Morgan fingerprint density at radius 1 is 1.64 bits per heavy atom. The van der Waals surface area contributed by atoms with Crippen molar-refractivity contribution in [3.63, 3.8) is 0 Å². The van der Waals surface area contributed by atoms with Crippen LogP contribution in [0.15, 0.2) is 24.2 Å². The Morgan fingerprint density at radius 2 is 2.36 bits per heavy atom. The van der Waals surface area contributed by atoms with E-state index in [1.807, 2.05) is 0 Å². The highest BCUT2D eigenvalue weighted by Gasteiger charge is 2.08. The minimum atomic E-state index is -0.950. The molecule has 0 amide bonds. The van der Waals surface area contributed by atoms with Gasteiger partial charge in [-0.1, -0.05) is 5.21 Å². The highest BCUT2D eigenvalue weighted by molar-refractivity contribution is 5.86. The maximum Gasteiger partial charge on any atom is 0.334 e. The largest absolute Gasteiger partial charge is 0.478 e. The number of aliphatic carboxylic acids is 1. The van der Waals surface area contributed by atoms with E-state index in [2.05, 4.69) is 10.3 Å². The van der Waals surface area contributed by atoms with Gasteiger partial charge in [0, 0.05) is 26.5 Å². The van der Waals surface area contributed by atoms with Gasteiger partial charge in [-0.05, 0) is 0 Å². The maximum absolute atomic E-state index is 10.8. The molecule has 0 saturated heterocycles. The smallest absolute Gasteiger partial charge is 0.334 e. The number of hydrogen-bond acceptors (Lipinski definition) is 4. The first-order chi connectivity index (χ1) is 6.59. The van der Waals surface area contributed by atoms with Gasteiger partial charge in [0.15, 0.2) is 0 Å². The number of aromatic nitrogens is 3. The molecule has 1 aromatic heterocycles. The van der Waals surface area contributed by atoms with E-state index >= 15 is 0 Å². The van der Waals surface area contributed by atoms with E-state index in [1.54, 1.807) is 31.4 Å². The van der Waals surface area contributed by atoms with Crippen LogP contribution in [0.4, 0.5) is 0 Å². The molecule has 6 nitrogen and oxygen atoms in total. The number of nitrogens with zero attached hydrogens (tertiary/aromatic N) is 4. The minimum absolute atomic E-state index is 0.216. The van der Waals surface area contributed by atoms with Gasteiger partial charge in [-0.3, -0.25) is 0 Å². The number of carboxylic acids is 1. The highest BCUT2D eigenvalue weighted by atomic mass is 16.4. The number of carbonyl (C=O) groups is 1. The number of carboxylic acid groups (broad SMARTS) is 1. The molecule has 0 saturated carbocycles. The summed E-state index contributed by atoms with van der Waals surface area (Å²) in [5.74, 6) is -0.950. The van der Waals surface area contributed by atoms with E-state index in [-0.39, 0.29) is 12.1 Å². The molecule has 0 bridgehead atoms. The summed E-state index contributed by atoms with van der Waals surface area (Å²) in [6.45, 7) is 0.216. The minimum Gasteiger partial charge on any atom is -0.478 e. The standard InChI is InChI=1S/C8H12N4O2/c1-11(2)5-7(8(13)14)6-12-4-3-9-10-12/h3-5H,6H2,1-2H3,(H,13,14)/b7-5-. The van der Waals surface area contributed by atoms with E-state index < -0.39 is 5.97 Å². The molecule has 1 heterocycles. The Labute approximate surface area is 81.4 Å². The van der Waals surface area contributed by atoms with Crippen LogP contribution in [0.5, 0.6) is 0 Å². The van der Waals surface area contributed by atoms with Crippen LogP contribution in [-0.2, 0) is 11.3 Å². The number of rotatable bonds is 4. The molecule has 1 N–H and O–H groups in total. The molecule has 14 heavy (non-hydrogen) atoms. The molecule has 0 aliphatic heterocycles. The zero-order chi connectivity index (χ0) is 10.6. The molecule has 6 heteroatoms. The fraction of sp³-hybridized carbons (Fsp3) is 0.375. The molecule has 0 atom stereocenters. The molecule has 0 unspecified atom stereocenters. The quantitative estimate of drug-likeness (QED) is 0.676. The first-order valence-corrected chi connectivity index (χ1v) is 4.04. The Kier molecular flexibility index (Phi) is 3.22. The third-order valence-electron chi connectivity index (χ3n) is 1.49. The van der Waals surface area contributed by atoms with Crippen LogP contribution in [0.3, 0.4) is 0 Å². The normalized spacial score (nSPS) is 11.4. The molecule has 1 rings (SSSR count). The van der Waals surface area contributed by atoms with Crippen molar-refractivity contribution in [2.24, 2.45) is 0 Å². The molecule has 0 aromatic carbocycles. The van der Waals surface area contributed by atoms with Gasteiger partial charge >= 0.3 is 5.97 Å². The van der Waals surface area contributed by atoms with E-state index in [0.717, 1.165) is 0 Å². The van der Waals surface area contributed by atoms with Crippen molar-refractivity contribution >= 4 is 5.97 Å². The van der Waals surface area contributed by atoms with Crippen LogP contribution in [0.1, 0.15) is 0 Å². The summed E-state index contributed by atoms with van der Waals surface area (Å²) in [5.41, 5.74) is 0.264. The molecular formula is C8H12N4O2. The molecule has 76 valence electrons. The van der Waals surface area contributed by atoms with Gasteiger partial charge in [-0.2, -0.15) is 0 Å². The van der Waals surface area contributed by atoms with E-state index in [0.29, 0.717) is 0 Å². The molecule has 0 radical (unpaired) electrons. The Hall–Kier alpha value is -1.85. The first-order valence-electron chi connectivity index (χ1n) is 4.04. The van der Waals surface area contributed by atoms with Crippen molar-refractivity contribution < 1.29 is 9.90 Å². The monoisotopic (exact) mass is 196 g/mol. The predicted molar refractivity (Wildman–Crippen MR) is 49.4 cm³/mol. The van der Waals surface area contributed by atoms with Crippen molar-refractivity contribution in [1.29, 1.82) is 0 Å². The third kappa shape index (κ3) is 2.89. The third-order valence-corrected chi connectivity index (χ3v) is 1.49. The summed E-state index contributed by atoms with van der Waals surface area (Å²) >= 11 is 0. The van der Waals surface area contributed by atoms with Gasteiger partial charge in [0.1, 0.15) is 0 Å². The van der Waals surface area contributed by atoms with Crippen LogP contribution < -0.4 is 0 Å². The second kappa shape index (κ2) is 4.40. The van der Waals surface area contributed by atoms with Gasteiger partial charge in [-0.15, -0.1) is 5.10 Å². The summed E-state index contributed by atoms with van der Waals surface area (Å²) in [5, 5.41) is 16.1. The lowest BCUT2D eigenvalue weighted by Crippen LogP contribution is -2.14. The van der Waals surface area contributed by atoms with E-state index in [9.17, 15) is 4.79 Å². The summed E-state index contributed by atoms with van der Waals surface area (Å²) in [7, 11) is 3.54. The van der Waals surface area contributed by atoms with Crippen molar-refractivity contribution in [2.45, 2.75) is 6.54 Å². The average Bonchev–Trinajstić information content (AvgIpc) is 2.54. The van der Waals surface area contributed by atoms with E-state index in [4.69, 9.17) is 5.11 Å². The van der Waals surface area contributed by atoms with Crippen LogP contribution in [0, 0.1) is 0 Å². The predicted octanol–water partition coefficient (Wildman–Crippen LogP) is -0.192. The van der Waals surface area contributed by atoms with Crippen LogP contribution in [0.2, 0.25) is 0 Å². The average molecular weight is 196 g/mol. The summed E-state index contributed by atoms with van der Waals surface area (Å²) in [6, 6.07) is 0. The molecule has 1 aromatic rings. The van der Waals surface area contributed by atoms with Gasteiger partial charge < -0.3 is 10.0 Å². The van der Waals surface area contributed by atoms with Crippen molar-refractivity contribution in [3.8, 4) is 0 Å². The molecule has 0 spiro atoms. The Morgan fingerprint density at radius 3 is 2.79 bits per heavy atom. The van der Waals surface area contributed by atoms with Crippen LogP contribution in [-0.4, -0.2) is 45.1 Å². The summed E-state index contributed by atoms with van der Waals surface area (Å²) in [6.07, 6.45) is 4.67. The van der Waals surface area contributed by atoms with Crippen molar-refractivity contribution in [1.82, 2.24) is 19.9 Å². The van der Waals surface area contributed by atoms with Crippen molar-refractivity contribution in [3.05, 3.63) is 24.2 Å². The van der Waals surface area contributed by atoms with Gasteiger partial charge in [0.05, 0.1) is 18.3 Å². The lowest BCUT2D eigenvalue weighted by molar-refractivity contribution is -0.133. The van der Waals surface area contributed by atoms with E-state index in [1.165, 1.54) is 10.9 Å². The summed E-state index contributed by atoms with van der Waals surface area (Å²) < 4.78 is 1.46. The Balaban J connectivity index is 2.76. The zero-order valence-corrected chi connectivity index (χ0v) is 8.08. The van der Waals surface area contributed by atoms with Crippen LogP contribution >= 0.6 is 0 Å². The lowest BCUT2D eigenvalue weighted by atomic mass is 10.3. The molecular weight excluding hydrogens is 184 g/mol. The number of hydrogen-bond donors (Lipinski definition) is 1. The Bertz CT molecular complexity index is 329. The molecule has 0 aliphatic carbocycles. The fourth-order valence-corrected chi connectivity index (χ4v) is 0.967. The lowest BCUT2D eigenvalue weighted by Gasteiger charge is -2.08. The maximum atomic E-state index is 10.8. The second-order valence-electron chi connectivity index (χ2n) is 3.02. The first kappa shape index (κ1) is 10.2. The van der Waals surface area contributed by atoms with Crippen molar-refractivity contribution in [2.75, 3.05) is 14.1 Å². The molecule has 0 fully saturated rings. The van der Waals surface area contributed by atoms with Gasteiger partial charge in [0.2, 0.25) is 0 Å². The second-order valence-corrected chi connectivity index (χ2v) is 3.02. The SMILES string of the molecule is CN(C)/C=C(/Cn1ccnn1)C(=O)O. The van der Waals surface area contributed by atoms with Crippen LogP contribution in [0.25, 0.3) is 0 Å². The zero-order valence-electron chi connectivity index (χ0n) is 8.08. The topological polar surface area (TPSA) is 71.2 Å². The van der Waals surface area contributed by atoms with Gasteiger partial charge in [-0.25, -0.2) is 9.48 Å². The highest BCUT2D eigenvalue weighted by Crippen LogP contribution is 1.99. The van der Waals surface area contributed by atoms with Gasteiger partial charge in [0.25, 0.3) is 0 Å². The fourth-order valence-electron chi connectivity index (χ4n) is 0.967. The molecule has 0 aliphatic rings.